The van der Waals surface area contributed by atoms with Gasteiger partial charge < -0.3 is 9.67 Å². The largest absolute Gasteiger partial charge is 0.481 e. The molecule has 2 heterocycles. The molecule has 2 fully saturated rings. The lowest BCUT2D eigenvalue weighted by molar-refractivity contribution is -0.133. The van der Waals surface area contributed by atoms with E-state index in [-0.39, 0.29) is 23.2 Å². The lowest BCUT2D eigenvalue weighted by Gasteiger charge is -2.11. The summed E-state index contributed by atoms with van der Waals surface area (Å²) >= 11 is 1.14. The predicted octanol–water partition coefficient (Wildman–Crippen LogP) is 0.692. The van der Waals surface area contributed by atoms with E-state index in [1.165, 1.54) is 0 Å². The van der Waals surface area contributed by atoms with Gasteiger partial charge in [-0.15, -0.1) is 10.2 Å². The highest BCUT2D eigenvalue weighted by atomic mass is 32.2. The molecular weight excluding hydrogens is 302 g/mol. The molecule has 1 aromatic rings. The van der Waals surface area contributed by atoms with E-state index in [2.05, 4.69) is 10.2 Å². The van der Waals surface area contributed by atoms with Crippen molar-refractivity contribution >= 4 is 27.6 Å². The van der Waals surface area contributed by atoms with E-state index in [0.717, 1.165) is 24.6 Å². The van der Waals surface area contributed by atoms with E-state index in [0.29, 0.717) is 23.4 Å². The molecule has 0 spiro atoms. The Balaban J connectivity index is 1.86. The molecule has 0 amide bonds. The number of carboxylic acid groups (broad SMARTS) is 1. The lowest BCUT2D eigenvalue weighted by atomic mass is 10.1. The number of aliphatic carboxylic acids is 1. The Morgan fingerprint density at radius 2 is 2.10 bits per heavy atom. The van der Waals surface area contributed by atoms with E-state index in [1.54, 1.807) is 0 Å². The summed E-state index contributed by atoms with van der Waals surface area (Å²) in [6.45, 7) is 0. The fourth-order valence-corrected chi connectivity index (χ4v) is 4.94. The van der Waals surface area contributed by atoms with Crippen LogP contribution in [0.3, 0.4) is 0 Å². The fourth-order valence-electron chi connectivity index (χ4n) is 2.47. The first-order valence-electron chi connectivity index (χ1n) is 6.46. The molecule has 110 valence electrons. The van der Waals surface area contributed by atoms with Crippen LogP contribution in [0, 0.1) is 0 Å². The van der Waals surface area contributed by atoms with Gasteiger partial charge in [-0.05, 0) is 19.3 Å². The van der Waals surface area contributed by atoms with E-state index in [9.17, 15) is 13.2 Å². The number of carboxylic acids is 1. The van der Waals surface area contributed by atoms with Crippen molar-refractivity contribution in [3.05, 3.63) is 5.82 Å². The van der Waals surface area contributed by atoms with Crippen LogP contribution in [0.15, 0.2) is 5.16 Å². The zero-order chi connectivity index (χ0) is 14.3. The van der Waals surface area contributed by atoms with Gasteiger partial charge in [0.15, 0.2) is 15.0 Å². The van der Waals surface area contributed by atoms with Crippen LogP contribution in [0.5, 0.6) is 0 Å². The highest BCUT2D eigenvalue weighted by Gasteiger charge is 2.37. The van der Waals surface area contributed by atoms with Gasteiger partial charge in [-0.1, -0.05) is 11.8 Å². The number of thioether (sulfide) groups is 1. The molecule has 1 aromatic heterocycles. The maximum Gasteiger partial charge on any atom is 0.313 e. The van der Waals surface area contributed by atoms with Crippen LogP contribution in [0.25, 0.3) is 0 Å². The van der Waals surface area contributed by atoms with Gasteiger partial charge in [-0.3, -0.25) is 4.79 Å². The first-order valence-corrected chi connectivity index (χ1v) is 9.27. The SMILES string of the molecule is O=C(O)CSc1nnc(C2CCS(=O)(=O)C2)n1C1CC1. The molecule has 1 aliphatic heterocycles. The molecule has 1 unspecified atom stereocenters. The smallest absolute Gasteiger partial charge is 0.313 e. The van der Waals surface area contributed by atoms with Gasteiger partial charge >= 0.3 is 5.97 Å². The molecular formula is C11H15N3O4S2. The monoisotopic (exact) mass is 317 g/mol. The summed E-state index contributed by atoms with van der Waals surface area (Å²) in [6.07, 6.45) is 2.62. The molecule has 7 nitrogen and oxygen atoms in total. The molecule has 2 aliphatic rings. The zero-order valence-corrected chi connectivity index (χ0v) is 12.4. The van der Waals surface area contributed by atoms with Crippen LogP contribution in [-0.4, -0.2) is 51.5 Å². The molecule has 1 aliphatic carbocycles. The maximum atomic E-state index is 11.6. The molecule has 1 saturated carbocycles. The van der Waals surface area contributed by atoms with Gasteiger partial charge in [-0.2, -0.15) is 0 Å². The summed E-state index contributed by atoms with van der Waals surface area (Å²) in [5.74, 6) is -0.0266. The minimum absolute atomic E-state index is 0.0617. The van der Waals surface area contributed by atoms with Crippen molar-refractivity contribution in [3.8, 4) is 0 Å². The van der Waals surface area contributed by atoms with Crippen LogP contribution >= 0.6 is 11.8 Å². The van der Waals surface area contributed by atoms with Gasteiger partial charge in [0.2, 0.25) is 0 Å². The average Bonchev–Trinajstić information content (AvgIpc) is 3.01. The van der Waals surface area contributed by atoms with Crippen molar-refractivity contribution in [2.75, 3.05) is 17.3 Å². The topological polar surface area (TPSA) is 102 Å². The summed E-state index contributed by atoms with van der Waals surface area (Å²) in [7, 11) is -2.96. The van der Waals surface area contributed by atoms with Crippen LogP contribution < -0.4 is 0 Å². The maximum absolute atomic E-state index is 11.6. The molecule has 20 heavy (non-hydrogen) atoms. The number of hydrogen-bond donors (Lipinski definition) is 1. The summed E-state index contributed by atoms with van der Waals surface area (Å²) < 4.78 is 25.1. The predicted molar refractivity (Wildman–Crippen MR) is 72.7 cm³/mol. The van der Waals surface area contributed by atoms with Gasteiger partial charge in [0, 0.05) is 12.0 Å². The molecule has 1 N–H and O–H groups in total. The van der Waals surface area contributed by atoms with Gasteiger partial charge in [-0.25, -0.2) is 8.42 Å². The number of hydrogen-bond acceptors (Lipinski definition) is 6. The number of nitrogens with zero attached hydrogens (tertiary/aromatic N) is 3. The van der Waals surface area contributed by atoms with Crippen molar-refractivity contribution in [1.82, 2.24) is 14.8 Å². The minimum Gasteiger partial charge on any atom is -0.481 e. The molecule has 1 saturated heterocycles. The molecule has 1 atom stereocenters. The summed E-state index contributed by atoms with van der Waals surface area (Å²) in [6, 6.07) is 0.305. The highest BCUT2D eigenvalue weighted by molar-refractivity contribution is 7.99. The normalized spacial score (nSPS) is 24.9. The third-order valence-electron chi connectivity index (χ3n) is 3.53. The van der Waals surface area contributed by atoms with Crippen molar-refractivity contribution in [2.45, 2.75) is 36.4 Å². The Kier molecular flexibility index (Phi) is 3.49. The van der Waals surface area contributed by atoms with Crippen molar-refractivity contribution in [1.29, 1.82) is 0 Å². The average molecular weight is 317 g/mol. The molecule has 0 radical (unpaired) electrons. The number of sulfone groups is 1. The van der Waals surface area contributed by atoms with E-state index >= 15 is 0 Å². The second-order valence-electron chi connectivity index (χ2n) is 5.22. The number of rotatable bonds is 5. The third kappa shape index (κ3) is 2.83. The Morgan fingerprint density at radius 3 is 2.65 bits per heavy atom. The van der Waals surface area contributed by atoms with Crippen molar-refractivity contribution in [3.63, 3.8) is 0 Å². The van der Waals surface area contributed by atoms with E-state index < -0.39 is 15.8 Å². The Morgan fingerprint density at radius 1 is 1.35 bits per heavy atom. The van der Waals surface area contributed by atoms with E-state index in [4.69, 9.17) is 5.11 Å². The number of aromatic nitrogens is 3. The standard InChI is InChI=1S/C11H15N3O4S2/c15-9(16)5-19-11-13-12-10(14(11)8-1-2-8)7-3-4-20(17,18)6-7/h7-8H,1-6H2,(H,15,16). The lowest BCUT2D eigenvalue weighted by Crippen LogP contribution is -2.11. The summed E-state index contributed by atoms with van der Waals surface area (Å²) in [4.78, 5) is 10.7. The summed E-state index contributed by atoms with van der Waals surface area (Å²) in [5.41, 5.74) is 0. The fraction of sp³-hybridized carbons (Fsp3) is 0.727. The number of carbonyl (C=O) groups is 1. The van der Waals surface area contributed by atoms with Gasteiger partial charge in [0.1, 0.15) is 5.82 Å². The molecule has 3 rings (SSSR count). The first kappa shape index (κ1) is 13.9. The molecule has 0 bridgehead atoms. The summed E-state index contributed by atoms with van der Waals surface area (Å²) in [5, 5.41) is 17.5. The second kappa shape index (κ2) is 5.03. The molecule has 9 heteroatoms. The Labute approximate surface area is 120 Å². The van der Waals surface area contributed by atoms with Crippen molar-refractivity contribution in [2.24, 2.45) is 0 Å². The highest BCUT2D eigenvalue weighted by Crippen LogP contribution is 2.41. The Bertz CT molecular complexity index is 636. The minimum atomic E-state index is -2.96. The quantitative estimate of drug-likeness (QED) is 0.797. The third-order valence-corrected chi connectivity index (χ3v) is 6.22. The van der Waals surface area contributed by atoms with Crippen LogP contribution in [0.1, 0.15) is 37.0 Å². The van der Waals surface area contributed by atoms with Crippen LogP contribution in [0.2, 0.25) is 0 Å². The van der Waals surface area contributed by atoms with Crippen LogP contribution in [0.4, 0.5) is 0 Å². The zero-order valence-electron chi connectivity index (χ0n) is 10.7. The van der Waals surface area contributed by atoms with Gasteiger partial charge in [0.25, 0.3) is 0 Å². The van der Waals surface area contributed by atoms with Gasteiger partial charge in [0.05, 0.1) is 17.3 Å². The van der Waals surface area contributed by atoms with E-state index in [1.807, 2.05) is 4.57 Å². The molecule has 0 aromatic carbocycles. The Hall–Kier alpha value is -1.09. The second-order valence-corrected chi connectivity index (χ2v) is 8.40. The van der Waals surface area contributed by atoms with Crippen LogP contribution in [-0.2, 0) is 14.6 Å². The van der Waals surface area contributed by atoms with Crippen molar-refractivity contribution < 1.29 is 18.3 Å². The first-order chi connectivity index (χ1) is 9.46.